The summed E-state index contributed by atoms with van der Waals surface area (Å²) in [4.78, 5) is 0. The molecule has 0 fully saturated rings. The standard InChI is InChI=1S/C8H4N2Se/c9-4-6-1-2-8-7(3-6)5-10-11-8/h1-3,5H. The molecule has 11 heavy (non-hydrogen) atoms. The van der Waals surface area contributed by atoms with Crippen molar-refractivity contribution in [1.82, 2.24) is 3.98 Å². The zero-order valence-corrected chi connectivity index (χ0v) is 7.33. The van der Waals surface area contributed by atoms with Crippen molar-refractivity contribution in [2.75, 3.05) is 0 Å². The molecule has 2 aromatic rings. The number of rotatable bonds is 0. The molecule has 0 saturated carbocycles. The first-order chi connectivity index (χ1) is 5.40. The molecule has 0 atom stereocenters. The number of hydrogen-bond acceptors (Lipinski definition) is 2. The van der Waals surface area contributed by atoms with E-state index in [1.165, 1.54) is 4.26 Å². The average Bonchev–Trinajstić information content (AvgIpc) is 2.50. The van der Waals surface area contributed by atoms with E-state index in [1.807, 2.05) is 24.4 Å². The van der Waals surface area contributed by atoms with Crippen LogP contribution in [0.5, 0.6) is 0 Å². The summed E-state index contributed by atoms with van der Waals surface area (Å²) in [6, 6.07) is 7.81. The van der Waals surface area contributed by atoms with Gasteiger partial charge in [0.2, 0.25) is 0 Å². The van der Waals surface area contributed by atoms with E-state index in [0.717, 1.165) is 5.39 Å². The first-order valence-electron chi connectivity index (χ1n) is 3.15. The van der Waals surface area contributed by atoms with Crippen LogP contribution < -0.4 is 0 Å². The molecule has 0 aliphatic rings. The number of aromatic nitrogens is 1. The van der Waals surface area contributed by atoms with Gasteiger partial charge in [0.25, 0.3) is 0 Å². The Hall–Kier alpha value is -1.10. The minimum atomic E-state index is 0.253. The predicted molar refractivity (Wildman–Crippen MR) is 43.4 cm³/mol. The van der Waals surface area contributed by atoms with E-state index < -0.39 is 0 Å². The Labute approximate surface area is 70.1 Å². The molecule has 1 aromatic heterocycles. The van der Waals surface area contributed by atoms with Crippen LogP contribution in [0.4, 0.5) is 0 Å². The molecule has 2 nitrogen and oxygen atoms in total. The van der Waals surface area contributed by atoms with Gasteiger partial charge < -0.3 is 0 Å². The Kier molecular flexibility index (Phi) is 1.50. The number of fused-ring (bicyclic) bond motifs is 1. The van der Waals surface area contributed by atoms with Crippen LogP contribution >= 0.6 is 0 Å². The molecule has 0 amide bonds. The molecule has 0 N–H and O–H groups in total. The third kappa shape index (κ3) is 1.07. The number of nitriles is 1. The average molecular weight is 207 g/mol. The Bertz CT molecular complexity index is 425. The second-order valence-electron chi connectivity index (χ2n) is 2.19. The molecule has 1 aromatic carbocycles. The summed E-state index contributed by atoms with van der Waals surface area (Å²) in [5.41, 5.74) is 0.716. The summed E-state index contributed by atoms with van der Waals surface area (Å²) in [5, 5.41) is 9.69. The molecule has 2 rings (SSSR count). The van der Waals surface area contributed by atoms with Crippen LogP contribution in [0.1, 0.15) is 5.56 Å². The van der Waals surface area contributed by atoms with Gasteiger partial charge in [-0.2, -0.15) is 0 Å². The van der Waals surface area contributed by atoms with Crippen molar-refractivity contribution in [2.45, 2.75) is 0 Å². The summed E-state index contributed by atoms with van der Waals surface area (Å²) in [5.74, 6) is 0. The number of hydrogen-bond donors (Lipinski definition) is 0. The van der Waals surface area contributed by atoms with Crippen molar-refractivity contribution < 1.29 is 0 Å². The van der Waals surface area contributed by atoms with E-state index >= 15 is 0 Å². The fourth-order valence-corrected chi connectivity index (χ4v) is 2.25. The maximum atomic E-state index is 8.58. The van der Waals surface area contributed by atoms with Gasteiger partial charge in [-0.25, -0.2) is 0 Å². The fraction of sp³-hybridized carbons (Fsp3) is 0. The third-order valence-electron chi connectivity index (χ3n) is 1.48. The van der Waals surface area contributed by atoms with E-state index in [9.17, 15) is 0 Å². The van der Waals surface area contributed by atoms with Crippen LogP contribution in [0.2, 0.25) is 0 Å². The molecule has 0 aliphatic heterocycles. The molecular weight excluding hydrogens is 203 g/mol. The quantitative estimate of drug-likeness (QED) is 0.608. The van der Waals surface area contributed by atoms with Crippen LogP contribution in [0.25, 0.3) is 9.65 Å². The molecule has 3 heteroatoms. The SMILES string of the molecule is N#Cc1ccc2[se]ncc2c1. The second kappa shape index (κ2) is 2.50. The van der Waals surface area contributed by atoms with Crippen LogP contribution in [-0.4, -0.2) is 18.7 Å². The number of benzene rings is 1. The number of nitrogens with zero attached hydrogens (tertiary/aromatic N) is 2. The maximum absolute atomic E-state index is 8.58. The van der Waals surface area contributed by atoms with E-state index in [-0.39, 0.29) is 14.7 Å². The molecule has 0 radical (unpaired) electrons. The van der Waals surface area contributed by atoms with Crippen molar-refractivity contribution in [2.24, 2.45) is 0 Å². The van der Waals surface area contributed by atoms with Gasteiger partial charge in [-0.15, -0.1) is 0 Å². The third-order valence-corrected chi connectivity index (χ3v) is 3.12. The van der Waals surface area contributed by atoms with E-state index in [2.05, 4.69) is 10.0 Å². The van der Waals surface area contributed by atoms with Crippen molar-refractivity contribution in [3.05, 3.63) is 30.0 Å². The topological polar surface area (TPSA) is 36.7 Å². The Balaban J connectivity index is 2.79. The first kappa shape index (κ1) is 6.60. The van der Waals surface area contributed by atoms with Crippen molar-refractivity contribution in [3.8, 4) is 6.07 Å². The van der Waals surface area contributed by atoms with Crippen LogP contribution in [0, 0.1) is 11.3 Å². The molecule has 1 heterocycles. The van der Waals surface area contributed by atoms with Crippen molar-refractivity contribution in [1.29, 1.82) is 5.26 Å². The normalized spacial score (nSPS) is 9.73. The van der Waals surface area contributed by atoms with Gasteiger partial charge in [0.15, 0.2) is 0 Å². The predicted octanol–water partition coefficient (Wildman–Crippen LogP) is 1.16. The minimum absolute atomic E-state index is 0.253. The first-order valence-corrected chi connectivity index (χ1v) is 4.77. The van der Waals surface area contributed by atoms with E-state index in [1.54, 1.807) is 0 Å². The zero-order chi connectivity index (χ0) is 7.68. The summed E-state index contributed by atoms with van der Waals surface area (Å²) < 4.78 is 5.43. The zero-order valence-electron chi connectivity index (χ0n) is 5.61. The van der Waals surface area contributed by atoms with Gasteiger partial charge in [-0.1, -0.05) is 0 Å². The monoisotopic (exact) mass is 208 g/mol. The summed E-state index contributed by atoms with van der Waals surface area (Å²) in [6.45, 7) is 0. The van der Waals surface area contributed by atoms with Gasteiger partial charge in [-0.05, 0) is 0 Å². The van der Waals surface area contributed by atoms with Gasteiger partial charge in [0.05, 0.1) is 0 Å². The molecule has 52 valence electrons. The molecule has 0 bridgehead atoms. The van der Waals surface area contributed by atoms with E-state index in [0.29, 0.717) is 5.56 Å². The van der Waals surface area contributed by atoms with Crippen LogP contribution in [0.3, 0.4) is 0 Å². The van der Waals surface area contributed by atoms with Gasteiger partial charge >= 0.3 is 69.6 Å². The fourth-order valence-electron chi connectivity index (χ4n) is 0.942. The van der Waals surface area contributed by atoms with Gasteiger partial charge in [-0.3, -0.25) is 0 Å². The van der Waals surface area contributed by atoms with Gasteiger partial charge in [0, 0.05) is 0 Å². The second-order valence-corrected chi connectivity index (χ2v) is 3.94. The Morgan fingerprint density at radius 2 is 2.36 bits per heavy atom. The molecule has 0 spiro atoms. The van der Waals surface area contributed by atoms with Gasteiger partial charge in [0.1, 0.15) is 0 Å². The summed E-state index contributed by atoms with van der Waals surface area (Å²) in [6.07, 6.45) is 1.84. The Morgan fingerprint density at radius 1 is 1.45 bits per heavy atom. The van der Waals surface area contributed by atoms with Crippen molar-refractivity contribution in [3.63, 3.8) is 0 Å². The van der Waals surface area contributed by atoms with E-state index in [4.69, 9.17) is 5.26 Å². The summed E-state index contributed by atoms with van der Waals surface area (Å²) >= 11 is 0.253. The molecular formula is C8H4N2Se. The van der Waals surface area contributed by atoms with Crippen LogP contribution in [0.15, 0.2) is 24.4 Å². The molecule has 0 saturated heterocycles. The van der Waals surface area contributed by atoms with Crippen LogP contribution in [-0.2, 0) is 0 Å². The van der Waals surface area contributed by atoms with Crippen molar-refractivity contribution >= 4 is 24.4 Å². The molecule has 0 aliphatic carbocycles. The summed E-state index contributed by atoms with van der Waals surface area (Å²) in [7, 11) is 0. The Morgan fingerprint density at radius 3 is 3.18 bits per heavy atom. The molecule has 0 unspecified atom stereocenters.